The highest BCUT2D eigenvalue weighted by Crippen LogP contribution is 2.24. The van der Waals surface area contributed by atoms with Gasteiger partial charge in [0.1, 0.15) is 5.82 Å². The Labute approximate surface area is 165 Å². The molecule has 2 aliphatic heterocycles. The van der Waals surface area contributed by atoms with Crippen LogP contribution >= 0.6 is 11.3 Å². The van der Waals surface area contributed by atoms with Gasteiger partial charge in [0.2, 0.25) is 5.91 Å². The second-order valence-corrected chi connectivity index (χ2v) is 7.96. The van der Waals surface area contributed by atoms with Gasteiger partial charge in [0.05, 0.1) is 23.0 Å². The number of carbonyl (C=O) groups is 3. The topological polar surface area (TPSA) is 69.7 Å². The maximum atomic E-state index is 13.1. The molecule has 2 aliphatic rings. The SMILES string of the molecule is O=C(c1cccs1)N1CCC(N[C@H]2CC(=O)N(c3ccc(F)cc3)C2=O)CC1. The van der Waals surface area contributed by atoms with E-state index in [9.17, 15) is 18.8 Å². The average Bonchev–Trinajstić information content (AvgIpc) is 3.32. The first-order valence-electron chi connectivity index (χ1n) is 9.24. The lowest BCUT2D eigenvalue weighted by molar-refractivity contribution is -0.121. The van der Waals surface area contributed by atoms with Gasteiger partial charge in [-0.25, -0.2) is 9.29 Å². The van der Waals surface area contributed by atoms with E-state index in [1.807, 2.05) is 22.4 Å². The molecule has 6 nitrogen and oxygen atoms in total. The summed E-state index contributed by atoms with van der Waals surface area (Å²) in [6.45, 7) is 1.23. The summed E-state index contributed by atoms with van der Waals surface area (Å²) < 4.78 is 13.1. The quantitative estimate of drug-likeness (QED) is 0.799. The van der Waals surface area contributed by atoms with Crippen LogP contribution in [0.5, 0.6) is 0 Å². The molecule has 1 atom stereocenters. The number of benzene rings is 1. The highest BCUT2D eigenvalue weighted by molar-refractivity contribution is 7.12. The van der Waals surface area contributed by atoms with E-state index in [0.717, 1.165) is 22.6 Å². The van der Waals surface area contributed by atoms with E-state index < -0.39 is 11.9 Å². The molecular weight excluding hydrogens is 381 g/mol. The van der Waals surface area contributed by atoms with Crippen molar-refractivity contribution in [3.8, 4) is 0 Å². The number of rotatable bonds is 4. The van der Waals surface area contributed by atoms with Gasteiger partial charge >= 0.3 is 0 Å². The summed E-state index contributed by atoms with van der Waals surface area (Å²) in [5.41, 5.74) is 0.386. The molecular formula is C20H20FN3O3S. The van der Waals surface area contributed by atoms with Crippen LogP contribution in [0.1, 0.15) is 28.9 Å². The van der Waals surface area contributed by atoms with Crippen LogP contribution in [0, 0.1) is 5.82 Å². The van der Waals surface area contributed by atoms with Gasteiger partial charge in [-0.15, -0.1) is 11.3 Å². The Morgan fingerprint density at radius 1 is 1.11 bits per heavy atom. The summed E-state index contributed by atoms with van der Waals surface area (Å²) in [5, 5.41) is 5.17. The molecule has 8 heteroatoms. The molecule has 2 fully saturated rings. The van der Waals surface area contributed by atoms with Gasteiger partial charge < -0.3 is 10.2 Å². The molecule has 1 aromatic carbocycles. The lowest BCUT2D eigenvalue weighted by atomic mass is 10.0. The minimum absolute atomic E-state index is 0.0445. The van der Waals surface area contributed by atoms with Crippen LogP contribution in [0.25, 0.3) is 0 Å². The summed E-state index contributed by atoms with van der Waals surface area (Å²) in [4.78, 5) is 41.1. The van der Waals surface area contributed by atoms with Crippen LogP contribution in [0.15, 0.2) is 41.8 Å². The fourth-order valence-corrected chi connectivity index (χ4v) is 4.40. The van der Waals surface area contributed by atoms with Crippen molar-refractivity contribution in [3.63, 3.8) is 0 Å². The van der Waals surface area contributed by atoms with E-state index in [1.165, 1.54) is 35.6 Å². The second kappa shape index (κ2) is 7.81. The minimum Gasteiger partial charge on any atom is -0.338 e. The van der Waals surface area contributed by atoms with Gasteiger partial charge in [-0.2, -0.15) is 0 Å². The van der Waals surface area contributed by atoms with E-state index >= 15 is 0 Å². The number of likely N-dealkylation sites (tertiary alicyclic amines) is 1. The third kappa shape index (κ3) is 3.70. The van der Waals surface area contributed by atoms with Crippen LogP contribution in [-0.4, -0.2) is 47.8 Å². The molecule has 0 saturated carbocycles. The van der Waals surface area contributed by atoms with Crippen LogP contribution in [0.3, 0.4) is 0 Å². The number of nitrogens with one attached hydrogen (secondary N) is 1. The van der Waals surface area contributed by atoms with Crippen LogP contribution < -0.4 is 10.2 Å². The number of hydrogen-bond donors (Lipinski definition) is 1. The molecule has 2 saturated heterocycles. The van der Waals surface area contributed by atoms with Crippen LogP contribution in [-0.2, 0) is 9.59 Å². The number of hydrogen-bond acceptors (Lipinski definition) is 5. The molecule has 4 rings (SSSR count). The van der Waals surface area contributed by atoms with E-state index in [-0.39, 0.29) is 30.2 Å². The van der Waals surface area contributed by atoms with Crippen molar-refractivity contribution < 1.29 is 18.8 Å². The molecule has 3 heterocycles. The molecule has 1 N–H and O–H groups in total. The van der Waals surface area contributed by atoms with Crippen molar-refractivity contribution in [3.05, 3.63) is 52.5 Å². The molecule has 1 aromatic heterocycles. The number of thiophene rings is 1. The first-order chi connectivity index (χ1) is 13.5. The van der Waals surface area contributed by atoms with E-state index in [2.05, 4.69) is 5.32 Å². The highest BCUT2D eigenvalue weighted by atomic mass is 32.1. The van der Waals surface area contributed by atoms with Gasteiger partial charge in [-0.3, -0.25) is 14.4 Å². The Morgan fingerprint density at radius 3 is 2.46 bits per heavy atom. The first-order valence-corrected chi connectivity index (χ1v) is 10.1. The number of halogens is 1. The van der Waals surface area contributed by atoms with Crippen molar-refractivity contribution >= 4 is 34.7 Å². The predicted octanol–water partition coefficient (Wildman–Crippen LogP) is 2.41. The van der Waals surface area contributed by atoms with Gasteiger partial charge in [-0.1, -0.05) is 6.07 Å². The molecule has 146 valence electrons. The van der Waals surface area contributed by atoms with Crippen LogP contribution in [0.2, 0.25) is 0 Å². The second-order valence-electron chi connectivity index (χ2n) is 7.01. The molecule has 28 heavy (non-hydrogen) atoms. The van der Waals surface area contributed by atoms with Gasteiger partial charge in [-0.05, 0) is 48.6 Å². The predicted molar refractivity (Wildman–Crippen MR) is 104 cm³/mol. The lowest BCUT2D eigenvalue weighted by Gasteiger charge is -2.33. The average molecular weight is 401 g/mol. The molecule has 0 radical (unpaired) electrons. The number of anilines is 1. The first kappa shape index (κ1) is 18.8. The molecule has 0 spiro atoms. The largest absolute Gasteiger partial charge is 0.338 e. The normalized spacial score (nSPS) is 20.8. The van der Waals surface area contributed by atoms with E-state index in [1.54, 1.807) is 0 Å². The summed E-state index contributed by atoms with van der Waals surface area (Å²) in [6, 6.07) is 8.51. The van der Waals surface area contributed by atoms with Crippen molar-refractivity contribution in [1.82, 2.24) is 10.2 Å². The maximum absolute atomic E-state index is 13.1. The maximum Gasteiger partial charge on any atom is 0.263 e. The number of nitrogens with zero attached hydrogens (tertiary/aromatic N) is 2. The fraction of sp³-hybridized carbons (Fsp3) is 0.350. The third-order valence-corrected chi connectivity index (χ3v) is 6.04. The van der Waals surface area contributed by atoms with Gasteiger partial charge in [0.25, 0.3) is 11.8 Å². The van der Waals surface area contributed by atoms with E-state index in [4.69, 9.17) is 0 Å². The summed E-state index contributed by atoms with van der Waals surface area (Å²) in [7, 11) is 0. The van der Waals surface area contributed by atoms with Crippen molar-refractivity contribution in [2.45, 2.75) is 31.3 Å². The number of amides is 3. The molecule has 0 unspecified atom stereocenters. The minimum atomic E-state index is -0.581. The highest BCUT2D eigenvalue weighted by Gasteiger charge is 2.40. The zero-order chi connectivity index (χ0) is 19.7. The standard InChI is InChI=1S/C20H20FN3O3S/c21-13-3-5-15(6-4-13)24-18(25)12-16(19(24)26)22-14-7-9-23(10-8-14)20(27)17-2-1-11-28-17/h1-6,11,14,16,22H,7-10,12H2/t16-/m0/s1. The molecule has 3 amide bonds. The fourth-order valence-electron chi connectivity index (χ4n) is 3.71. The summed E-state index contributed by atoms with van der Waals surface area (Å²) in [6.07, 6.45) is 1.54. The van der Waals surface area contributed by atoms with Crippen molar-refractivity contribution in [2.24, 2.45) is 0 Å². The number of imide groups is 1. The van der Waals surface area contributed by atoms with Crippen molar-refractivity contribution in [2.75, 3.05) is 18.0 Å². The lowest BCUT2D eigenvalue weighted by Crippen LogP contribution is -2.49. The summed E-state index contributed by atoms with van der Waals surface area (Å²) >= 11 is 1.43. The Hall–Kier alpha value is -2.58. The third-order valence-electron chi connectivity index (χ3n) is 5.18. The van der Waals surface area contributed by atoms with Gasteiger partial charge in [0, 0.05) is 19.1 Å². The molecule has 0 bridgehead atoms. The Morgan fingerprint density at radius 2 is 1.82 bits per heavy atom. The Bertz CT molecular complexity index is 877. The zero-order valence-corrected chi connectivity index (χ0v) is 16.0. The van der Waals surface area contributed by atoms with Crippen LogP contribution in [0.4, 0.5) is 10.1 Å². The Balaban J connectivity index is 1.34. The number of piperidine rings is 1. The summed E-state index contributed by atoms with van der Waals surface area (Å²) in [5.74, 6) is -0.974. The van der Waals surface area contributed by atoms with Gasteiger partial charge in [0.15, 0.2) is 0 Å². The molecule has 2 aromatic rings. The van der Waals surface area contributed by atoms with Crippen molar-refractivity contribution in [1.29, 1.82) is 0 Å². The smallest absolute Gasteiger partial charge is 0.263 e. The number of carbonyl (C=O) groups excluding carboxylic acids is 3. The Kier molecular flexibility index (Phi) is 5.23. The van der Waals surface area contributed by atoms with E-state index in [0.29, 0.717) is 18.8 Å². The monoisotopic (exact) mass is 401 g/mol. The zero-order valence-electron chi connectivity index (χ0n) is 15.1. The molecule has 0 aliphatic carbocycles.